The number of carbonyl (C=O) groups is 1. The molecule has 1 aliphatic carbocycles. The van der Waals surface area contributed by atoms with Gasteiger partial charge in [0.25, 0.3) is 0 Å². The molecule has 5 rings (SSSR count). The van der Waals surface area contributed by atoms with Crippen molar-refractivity contribution in [1.29, 1.82) is 0 Å². The molecule has 7 heteroatoms. The van der Waals surface area contributed by atoms with Crippen LogP contribution in [0.5, 0.6) is 0 Å². The maximum Gasteiger partial charge on any atom is 0.337 e. The normalized spacial score (nSPS) is 14.8. The number of carbonyl (C=O) groups excluding carboxylic acids is 1. The highest BCUT2D eigenvalue weighted by atomic mass is 16.5. The van der Waals surface area contributed by atoms with Crippen LogP contribution in [0.1, 0.15) is 68.3 Å². The summed E-state index contributed by atoms with van der Waals surface area (Å²) in [4.78, 5) is 21.7. The van der Waals surface area contributed by atoms with Gasteiger partial charge in [0.15, 0.2) is 0 Å². The fraction of sp³-hybridized carbons (Fsp3) is 0.423. The third-order valence-corrected chi connectivity index (χ3v) is 6.82. The number of nitrogens with zero attached hydrogens (tertiary/aromatic N) is 4. The molecule has 0 atom stereocenters. The van der Waals surface area contributed by atoms with Crippen LogP contribution in [0.4, 0.5) is 5.95 Å². The summed E-state index contributed by atoms with van der Waals surface area (Å²) < 4.78 is 9.38. The van der Waals surface area contributed by atoms with E-state index in [1.807, 2.05) is 18.2 Å². The van der Waals surface area contributed by atoms with Crippen molar-refractivity contribution in [3.63, 3.8) is 0 Å². The molecule has 1 aliphatic rings. The van der Waals surface area contributed by atoms with E-state index in [1.165, 1.54) is 26.4 Å². The summed E-state index contributed by atoms with van der Waals surface area (Å²) >= 11 is 0. The molecule has 0 unspecified atom stereocenters. The highest BCUT2D eigenvalue weighted by molar-refractivity contribution is 5.94. The quantitative estimate of drug-likeness (QED) is 0.383. The number of anilines is 1. The van der Waals surface area contributed by atoms with Crippen molar-refractivity contribution in [1.82, 2.24) is 19.1 Å². The molecule has 4 aromatic rings. The van der Waals surface area contributed by atoms with E-state index in [4.69, 9.17) is 15.5 Å². The van der Waals surface area contributed by atoms with E-state index in [0.717, 1.165) is 65.7 Å². The minimum Gasteiger partial charge on any atom is -0.465 e. The van der Waals surface area contributed by atoms with Gasteiger partial charge < -0.3 is 19.6 Å². The van der Waals surface area contributed by atoms with E-state index in [2.05, 4.69) is 39.2 Å². The molecular formula is C26H31N5O2. The van der Waals surface area contributed by atoms with Crippen molar-refractivity contribution in [3.8, 4) is 11.4 Å². The van der Waals surface area contributed by atoms with E-state index in [0.29, 0.717) is 17.6 Å². The number of benzene rings is 2. The van der Waals surface area contributed by atoms with Crippen LogP contribution in [0.25, 0.3) is 33.5 Å². The largest absolute Gasteiger partial charge is 0.465 e. The molecule has 0 radical (unpaired) electrons. The zero-order valence-corrected chi connectivity index (χ0v) is 19.4. The van der Waals surface area contributed by atoms with Gasteiger partial charge in [0.1, 0.15) is 5.82 Å². The summed E-state index contributed by atoms with van der Waals surface area (Å²) in [6.07, 6.45) is 8.18. The lowest BCUT2D eigenvalue weighted by Gasteiger charge is -2.25. The number of nitrogens with two attached hydrogens (primary N) is 1. The van der Waals surface area contributed by atoms with Gasteiger partial charge in [-0.2, -0.15) is 0 Å². The number of nitrogen functional groups attached to an aromatic ring is 1. The molecule has 0 spiro atoms. The fourth-order valence-electron chi connectivity index (χ4n) is 5.09. The summed E-state index contributed by atoms with van der Waals surface area (Å²) in [6.45, 7) is 3.05. The Morgan fingerprint density at radius 2 is 1.82 bits per heavy atom. The van der Waals surface area contributed by atoms with Crippen LogP contribution in [-0.2, 0) is 11.3 Å². The smallest absolute Gasteiger partial charge is 0.337 e. The van der Waals surface area contributed by atoms with Gasteiger partial charge in [-0.3, -0.25) is 0 Å². The second-order valence-corrected chi connectivity index (χ2v) is 8.97. The lowest BCUT2D eigenvalue weighted by atomic mass is 9.94. The number of hydrogen-bond donors (Lipinski definition) is 1. The monoisotopic (exact) mass is 445 g/mol. The molecule has 33 heavy (non-hydrogen) atoms. The molecule has 7 nitrogen and oxygen atoms in total. The summed E-state index contributed by atoms with van der Waals surface area (Å²) in [5.41, 5.74) is 11.6. The number of aromatic nitrogens is 4. The van der Waals surface area contributed by atoms with E-state index in [1.54, 1.807) is 0 Å². The minimum absolute atomic E-state index is 0.347. The zero-order chi connectivity index (χ0) is 22.9. The predicted octanol–water partition coefficient (Wildman–Crippen LogP) is 5.73. The second kappa shape index (κ2) is 8.89. The van der Waals surface area contributed by atoms with Crippen molar-refractivity contribution in [3.05, 3.63) is 42.0 Å². The molecule has 2 heterocycles. The van der Waals surface area contributed by atoms with Crippen LogP contribution in [0.3, 0.4) is 0 Å². The zero-order valence-electron chi connectivity index (χ0n) is 19.4. The van der Waals surface area contributed by atoms with E-state index in [9.17, 15) is 4.79 Å². The Hall–Kier alpha value is -3.35. The molecular weight excluding hydrogens is 414 g/mol. The van der Waals surface area contributed by atoms with Gasteiger partial charge in [-0.1, -0.05) is 32.6 Å². The number of fused-ring (bicyclic) bond motifs is 2. The van der Waals surface area contributed by atoms with Crippen molar-refractivity contribution in [2.24, 2.45) is 0 Å². The van der Waals surface area contributed by atoms with Crippen LogP contribution in [0.15, 0.2) is 36.4 Å². The molecule has 0 saturated heterocycles. The average molecular weight is 446 g/mol. The first-order valence-corrected chi connectivity index (χ1v) is 12.0. The van der Waals surface area contributed by atoms with Crippen molar-refractivity contribution < 1.29 is 9.53 Å². The molecule has 172 valence electrons. The maximum atomic E-state index is 12.1. The molecule has 2 aromatic carbocycles. The number of esters is 1. The summed E-state index contributed by atoms with van der Waals surface area (Å²) in [6, 6.07) is 12.4. The standard InChI is InChI=1S/C26H31N5O2/c1-3-4-14-30-22-12-10-17(15-20(22)29-26(30)27)24-28-21-16-18(25(32)33-2)11-13-23(21)31(24)19-8-6-5-7-9-19/h10-13,15-16,19H,3-9,14H2,1-2H3,(H2,27,29). The number of imidazole rings is 2. The average Bonchev–Trinajstić information content (AvgIpc) is 3.38. The summed E-state index contributed by atoms with van der Waals surface area (Å²) in [5.74, 6) is 1.13. The number of ether oxygens (including phenoxy) is 1. The number of hydrogen-bond acceptors (Lipinski definition) is 5. The number of rotatable bonds is 6. The highest BCUT2D eigenvalue weighted by Crippen LogP contribution is 2.37. The Labute approximate surface area is 193 Å². The number of aryl methyl sites for hydroxylation is 1. The molecule has 1 fully saturated rings. The van der Waals surface area contributed by atoms with Crippen LogP contribution < -0.4 is 5.73 Å². The highest BCUT2D eigenvalue weighted by Gasteiger charge is 2.23. The number of methoxy groups -OCH3 is 1. The van der Waals surface area contributed by atoms with E-state index in [-0.39, 0.29) is 5.97 Å². The van der Waals surface area contributed by atoms with Crippen molar-refractivity contribution in [2.75, 3.05) is 12.8 Å². The van der Waals surface area contributed by atoms with Crippen LogP contribution >= 0.6 is 0 Å². The van der Waals surface area contributed by atoms with Crippen LogP contribution in [0, 0.1) is 0 Å². The lowest BCUT2D eigenvalue weighted by molar-refractivity contribution is 0.0601. The van der Waals surface area contributed by atoms with Crippen LogP contribution in [-0.4, -0.2) is 32.2 Å². The number of unbranched alkanes of at least 4 members (excludes halogenated alkanes) is 1. The molecule has 1 saturated carbocycles. The second-order valence-electron chi connectivity index (χ2n) is 8.97. The molecule has 2 N–H and O–H groups in total. The first-order valence-electron chi connectivity index (χ1n) is 12.0. The van der Waals surface area contributed by atoms with Gasteiger partial charge in [0.2, 0.25) is 5.95 Å². The van der Waals surface area contributed by atoms with E-state index < -0.39 is 0 Å². The van der Waals surface area contributed by atoms with Gasteiger partial charge in [-0.25, -0.2) is 14.8 Å². The van der Waals surface area contributed by atoms with Crippen molar-refractivity contribution in [2.45, 2.75) is 64.5 Å². The SMILES string of the molecule is CCCCn1c(N)nc2cc(-c3nc4cc(C(=O)OC)ccc4n3C3CCCCC3)ccc21. The topological polar surface area (TPSA) is 88.0 Å². The van der Waals surface area contributed by atoms with Gasteiger partial charge in [-0.15, -0.1) is 0 Å². The molecule has 0 aliphatic heterocycles. The minimum atomic E-state index is -0.347. The Balaban J connectivity index is 1.65. The van der Waals surface area contributed by atoms with Crippen molar-refractivity contribution >= 4 is 34.0 Å². The van der Waals surface area contributed by atoms with Gasteiger partial charge in [0, 0.05) is 18.2 Å². The maximum absolute atomic E-state index is 12.1. The Bertz CT molecular complexity index is 1310. The first kappa shape index (κ1) is 21.5. The molecule has 2 aromatic heterocycles. The molecule has 0 bridgehead atoms. The van der Waals surface area contributed by atoms with Gasteiger partial charge in [0.05, 0.1) is 34.7 Å². The third kappa shape index (κ3) is 3.86. The molecule has 0 amide bonds. The van der Waals surface area contributed by atoms with Crippen LogP contribution in [0.2, 0.25) is 0 Å². The Morgan fingerprint density at radius 3 is 2.58 bits per heavy atom. The van der Waals surface area contributed by atoms with Gasteiger partial charge in [-0.05, 0) is 55.7 Å². The Kier molecular flexibility index (Phi) is 5.79. The summed E-state index contributed by atoms with van der Waals surface area (Å²) in [5, 5.41) is 0. The summed E-state index contributed by atoms with van der Waals surface area (Å²) in [7, 11) is 1.40. The van der Waals surface area contributed by atoms with E-state index >= 15 is 0 Å². The Morgan fingerprint density at radius 1 is 1.06 bits per heavy atom. The van der Waals surface area contributed by atoms with Gasteiger partial charge >= 0.3 is 5.97 Å². The predicted molar refractivity (Wildman–Crippen MR) is 131 cm³/mol. The third-order valence-electron chi connectivity index (χ3n) is 6.82. The first-order chi connectivity index (χ1) is 16.1. The fourth-order valence-corrected chi connectivity index (χ4v) is 5.09. The lowest BCUT2D eigenvalue weighted by Crippen LogP contribution is -2.14.